The summed E-state index contributed by atoms with van der Waals surface area (Å²) < 4.78 is 5.30. The second-order valence-corrected chi connectivity index (χ2v) is 25.0. The molecule has 0 atom stereocenters. The molecule has 0 unspecified atom stereocenters. The molecule has 8 aromatic rings. The topological polar surface area (TPSA) is 9.86 Å². The minimum atomic E-state index is -0.233. The zero-order chi connectivity index (χ0) is 45.2. The molecular formula is C61H69BN2. The minimum Gasteiger partial charge on any atom is -0.310 e. The molecule has 64 heavy (non-hydrogen) atoms. The molecule has 0 amide bonds. The summed E-state index contributed by atoms with van der Waals surface area (Å²) in [5.41, 5.74) is 22.4. The first-order valence-corrected chi connectivity index (χ1v) is 24.6. The fraction of sp³-hybridized carbons (Fsp3) is 0.410. The lowest BCUT2D eigenvalue weighted by Crippen LogP contribution is -2.63. The Morgan fingerprint density at radius 2 is 1.00 bits per heavy atom. The number of rotatable bonds is 2. The first kappa shape index (κ1) is 41.7. The van der Waals surface area contributed by atoms with Crippen LogP contribution in [0, 0.1) is 0 Å². The molecule has 2 aliphatic heterocycles. The molecule has 2 nitrogen and oxygen atoms in total. The number of hydrogen-bond donors (Lipinski definition) is 0. The smallest absolute Gasteiger partial charge is 0.247 e. The van der Waals surface area contributed by atoms with Crippen LogP contribution in [0.3, 0.4) is 0 Å². The van der Waals surface area contributed by atoms with Gasteiger partial charge in [0.1, 0.15) is 0 Å². The van der Waals surface area contributed by atoms with Crippen molar-refractivity contribution >= 4 is 66.7 Å². The van der Waals surface area contributed by atoms with Crippen LogP contribution >= 0.6 is 0 Å². The average molecular weight is 841 g/mol. The van der Waals surface area contributed by atoms with Gasteiger partial charge in [-0.05, 0) is 145 Å². The summed E-state index contributed by atoms with van der Waals surface area (Å²) in [6.07, 6.45) is 6.58. The number of nitrogens with zero attached hydrogens (tertiary/aromatic N) is 2. The van der Waals surface area contributed by atoms with E-state index >= 15 is 0 Å². The molecule has 0 N–H and O–H groups in total. The summed E-state index contributed by atoms with van der Waals surface area (Å²) in [4.78, 5) is 0. The van der Waals surface area contributed by atoms with Crippen LogP contribution in [0.15, 0.2) is 97.1 Å². The highest BCUT2D eigenvalue weighted by molar-refractivity contribution is 6.99. The van der Waals surface area contributed by atoms with Crippen LogP contribution in [0.5, 0.6) is 0 Å². The van der Waals surface area contributed by atoms with Crippen molar-refractivity contribution in [3.05, 3.63) is 136 Å². The molecule has 326 valence electrons. The first-order valence-electron chi connectivity index (χ1n) is 24.6. The molecule has 3 aliphatic rings. The zero-order valence-corrected chi connectivity index (χ0v) is 41.3. The summed E-state index contributed by atoms with van der Waals surface area (Å²) in [5.74, 6) is 0.596. The van der Waals surface area contributed by atoms with Crippen LogP contribution in [0.1, 0.15) is 174 Å². The lowest BCUT2D eigenvalue weighted by Gasteiger charge is -2.43. The predicted molar refractivity (Wildman–Crippen MR) is 279 cm³/mol. The van der Waals surface area contributed by atoms with Crippen LogP contribution in [-0.2, 0) is 27.1 Å². The Morgan fingerprint density at radius 1 is 0.469 bits per heavy atom. The van der Waals surface area contributed by atoms with Crippen molar-refractivity contribution in [2.75, 3.05) is 0 Å². The Hall–Kier alpha value is -5.02. The fourth-order valence-electron chi connectivity index (χ4n) is 12.2. The van der Waals surface area contributed by atoms with Crippen LogP contribution < -0.4 is 16.4 Å². The van der Waals surface area contributed by atoms with E-state index in [4.69, 9.17) is 0 Å². The Bertz CT molecular complexity index is 3240. The van der Waals surface area contributed by atoms with Crippen molar-refractivity contribution < 1.29 is 0 Å². The highest BCUT2D eigenvalue weighted by Gasteiger charge is 2.46. The van der Waals surface area contributed by atoms with E-state index in [9.17, 15) is 0 Å². The summed E-state index contributed by atoms with van der Waals surface area (Å²) in [7, 11) is 0. The molecular weight excluding hydrogens is 771 g/mol. The van der Waals surface area contributed by atoms with E-state index < -0.39 is 0 Å². The molecule has 0 spiro atoms. The predicted octanol–water partition coefficient (Wildman–Crippen LogP) is 14.6. The SMILES string of the molecule is CC(C)(C)c1ccc(-n2c3ccc(C(C)(C)C)cc3c3cc4c(cc32)C(C)(C)c2cc(C3CCCCC3)cc3c2B4c2cc(C(C)(C)C)cc4c5cc(C(C)(C)C)ccc5n-3c24)cc1. The van der Waals surface area contributed by atoms with Gasteiger partial charge < -0.3 is 9.13 Å². The van der Waals surface area contributed by atoms with Gasteiger partial charge in [0, 0.05) is 43.9 Å². The van der Waals surface area contributed by atoms with E-state index in [1.807, 2.05) is 0 Å². The van der Waals surface area contributed by atoms with E-state index in [1.165, 1.54) is 137 Å². The molecule has 0 bridgehead atoms. The number of aromatic nitrogens is 2. The maximum absolute atomic E-state index is 2.73. The lowest BCUT2D eigenvalue weighted by molar-refractivity contribution is 0.443. The van der Waals surface area contributed by atoms with Crippen molar-refractivity contribution in [2.24, 2.45) is 0 Å². The van der Waals surface area contributed by atoms with E-state index in [-0.39, 0.29) is 33.8 Å². The summed E-state index contributed by atoms with van der Waals surface area (Å²) >= 11 is 0. The van der Waals surface area contributed by atoms with Gasteiger partial charge in [-0.1, -0.05) is 164 Å². The van der Waals surface area contributed by atoms with E-state index in [2.05, 4.69) is 203 Å². The molecule has 1 saturated carbocycles. The van der Waals surface area contributed by atoms with E-state index in [1.54, 1.807) is 5.56 Å². The van der Waals surface area contributed by atoms with Gasteiger partial charge in [-0.3, -0.25) is 0 Å². The van der Waals surface area contributed by atoms with Crippen molar-refractivity contribution in [2.45, 2.75) is 162 Å². The van der Waals surface area contributed by atoms with E-state index in [0.29, 0.717) is 5.92 Å². The van der Waals surface area contributed by atoms with Gasteiger partial charge in [-0.25, -0.2) is 0 Å². The standard InChI is InChI=1S/C61H69BN2/c1-57(2,3)38-20-24-42(25-21-38)63-51-26-22-39(58(4,5)6)30-43(51)45-34-49-47(35-53(45)63)61(13,14)48-28-37(36-18-16-15-17-19-36)29-54-55(48)62(49)50-33-41(60(10,11)12)32-46-44-31-40(59(7,8)9)23-27-52(44)64(54)56(46)50/h20-36H,15-19H2,1-14H3. The van der Waals surface area contributed by atoms with Gasteiger partial charge in [0.15, 0.2) is 0 Å². The molecule has 2 aromatic heterocycles. The molecule has 4 heterocycles. The van der Waals surface area contributed by atoms with Crippen LogP contribution in [0.4, 0.5) is 0 Å². The second kappa shape index (κ2) is 13.5. The van der Waals surface area contributed by atoms with Gasteiger partial charge >= 0.3 is 0 Å². The quantitative estimate of drug-likeness (QED) is 0.154. The summed E-state index contributed by atoms with van der Waals surface area (Å²) in [6.45, 7) is 33.4. The highest BCUT2D eigenvalue weighted by atomic mass is 15.0. The highest BCUT2D eigenvalue weighted by Crippen LogP contribution is 2.46. The summed E-state index contributed by atoms with van der Waals surface area (Å²) in [6, 6.07) is 40.0. The molecule has 3 heteroatoms. The monoisotopic (exact) mass is 841 g/mol. The molecule has 6 aromatic carbocycles. The molecule has 0 radical (unpaired) electrons. The van der Waals surface area contributed by atoms with Crippen LogP contribution in [0.25, 0.3) is 55.0 Å². The Morgan fingerprint density at radius 3 is 1.59 bits per heavy atom. The number of fused-ring (bicyclic) bond motifs is 10. The lowest BCUT2D eigenvalue weighted by atomic mass is 9.30. The van der Waals surface area contributed by atoms with Crippen LogP contribution in [-0.4, -0.2) is 15.8 Å². The Labute approximate surface area is 383 Å². The third kappa shape index (κ3) is 6.11. The molecule has 11 rings (SSSR count). The van der Waals surface area contributed by atoms with Gasteiger partial charge in [0.25, 0.3) is 0 Å². The second-order valence-electron chi connectivity index (χ2n) is 25.0. The maximum atomic E-state index is 2.73. The number of benzene rings is 6. The van der Waals surface area contributed by atoms with Gasteiger partial charge in [-0.2, -0.15) is 0 Å². The largest absolute Gasteiger partial charge is 0.310 e. The number of hydrogen-bond acceptors (Lipinski definition) is 0. The molecule has 1 fully saturated rings. The first-order chi connectivity index (χ1) is 30.0. The average Bonchev–Trinajstić information content (AvgIpc) is 3.74. The molecule has 1 aliphatic carbocycles. The minimum absolute atomic E-state index is 0.0191. The Balaban J connectivity index is 1.29. The van der Waals surface area contributed by atoms with E-state index in [0.717, 1.165) is 0 Å². The van der Waals surface area contributed by atoms with Crippen molar-refractivity contribution in [3.8, 4) is 11.4 Å². The third-order valence-corrected chi connectivity index (χ3v) is 16.2. The van der Waals surface area contributed by atoms with Crippen molar-refractivity contribution in [1.82, 2.24) is 9.13 Å². The fourth-order valence-corrected chi connectivity index (χ4v) is 12.2. The zero-order valence-electron chi connectivity index (χ0n) is 41.3. The molecule has 0 saturated heterocycles. The normalized spacial score (nSPS) is 16.6. The Kier molecular flexibility index (Phi) is 8.81. The maximum Gasteiger partial charge on any atom is 0.247 e. The van der Waals surface area contributed by atoms with Crippen molar-refractivity contribution in [1.29, 1.82) is 0 Å². The third-order valence-electron chi connectivity index (χ3n) is 16.2. The van der Waals surface area contributed by atoms with Gasteiger partial charge in [0.05, 0.1) is 16.6 Å². The van der Waals surface area contributed by atoms with Gasteiger partial charge in [-0.15, -0.1) is 0 Å². The van der Waals surface area contributed by atoms with Crippen LogP contribution in [0.2, 0.25) is 0 Å². The van der Waals surface area contributed by atoms with Crippen molar-refractivity contribution in [3.63, 3.8) is 0 Å². The van der Waals surface area contributed by atoms with Gasteiger partial charge in [0.2, 0.25) is 6.71 Å². The summed E-state index contributed by atoms with van der Waals surface area (Å²) in [5, 5.41) is 5.48.